The minimum absolute atomic E-state index is 0.0128. The number of allylic oxidation sites excluding steroid dienone is 1. The summed E-state index contributed by atoms with van der Waals surface area (Å²) in [7, 11) is 0. The monoisotopic (exact) mass is 768 g/mol. The summed E-state index contributed by atoms with van der Waals surface area (Å²) in [6.07, 6.45) is 4.90. The fourth-order valence-corrected chi connectivity index (χ4v) is 9.47. The van der Waals surface area contributed by atoms with Gasteiger partial charge in [-0.1, -0.05) is 13.5 Å². The Kier molecular flexibility index (Phi) is 7.93. The number of pyridine rings is 1. The van der Waals surface area contributed by atoms with E-state index in [9.17, 15) is 14.4 Å². The van der Waals surface area contributed by atoms with Crippen LogP contribution in [0, 0.1) is 13.8 Å². The number of aryl methyl sites for hydroxylation is 2. The summed E-state index contributed by atoms with van der Waals surface area (Å²) >= 11 is 3.12. The molecule has 0 radical (unpaired) electrons. The molecule has 0 saturated carbocycles. The van der Waals surface area contributed by atoms with E-state index in [1.54, 1.807) is 22.0 Å². The zero-order valence-corrected chi connectivity index (χ0v) is 28.9. The number of benzene rings is 1. The summed E-state index contributed by atoms with van der Waals surface area (Å²) in [4.78, 5) is 55.4. The molecule has 0 bridgehead atoms. The van der Waals surface area contributed by atoms with Crippen LogP contribution in [0.5, 0.6) is 0 Å². The van der Waals surface area contributed by atoms with Crippen molar-refractivity contribution in [1.82, 2.24) is 29.6 Å². The molecule has 10 nitrogen and oxygen atoms in total. The number of nitrogens with zero attached hydrogens (tertiary/aromatic N) is 6. The van der Waals surface area contributed by atoms with Crippen LogP contribution in [-0.4, -0.2) is 60.7 Å². The number of rotatable bonds is 8. The second-order valence-electron chi connectivity index (χ2n) is 11.5. The number of carbonyl (C=O) groups is 3. The normalized spacial score (nSPS) is 20.6. The molecule has 4 aromatic rings. The second-order valence-corrected chi connectivity index (χ2v) is 16.6. The average Bonchev–Trinajstić information content (AvgIpc) is 3.34. The fourth-order valence-electron chi connectivity index (χ4n) is 5.77. The first-order valence-corrected chi connectivity index (χ1v) is 17.4. The Labute approximate surface area is 274 Å². The Morgan fingerprint density at radius 2 is 1.86 bits per heavy atom. The summed E-state index contributed by atoms with van der Waals surface area (Å²) in [5, 5.41) is 8.24. The predicted molar refractivity (Wildman–Crippen MR) is 168 cm³/mol. The number of anilines is 1. The molecule has 44 heavy (non-hydrogen) atoms. The molecule has 6 rings (SSSR count). The number of fused-ring (bicyclic) bond motifs is 2. The SMILES string of the molecule is C=C(CC)c1ncc(-c2cc(C)c3c(c2)c(C(C)=O)nn3CC(=O)N2[C@H](C(=O)Nc3nc(Br)ccc3C)C[C@@]3(C)[I-][C@@H]23)cn1. The number of hydrogen-bond donors (Lipinski definition) is 1. The van der Waals surface area contributed by atoms with Gasteiger partial charge in [0.25, 0.3) is 0 Å². The van der Waals surface area contributed by atoms with Gasteiger partial charge in [0.2, 0.25) is 0 Å². The number of amides is 2. The summed E-state index contributed by atoms with van der Waals surface area (Å²) < 4.78 is 2.34. The number of nitrogens with one attached hydrogen (secondary N) is 1. The van der Waals surface area contributed by atoms with Crippen molar-refractivity contribution in [2.45, 2.75) is 67.5 Å². The molecule has 12 heteroatoms. The van der Waals surface area contributed by atoms with Crippen LogP contribution < -0.4 is 26.5 Å². The van der Waals surface area contributed by atoms with Crippen molar-refractivity contribution in [2.75, 3.05) is 5.32 Å². The Balaban J connectivity index is 1.30. The van der Waals surface area contributed by atoms with Gasteiger partial charge >= 0.3 is 244 Å². The fraction of sp³-hybridized carbons (Fsp3) is 0.344. The summed E-state index contributed by atoms with van der Waals surface area (Å²) in [6, 6.07) is 7.00. The average molecular weight is 769 g/mol. The van der Waals surface area contributed by atoms with Crippen LogP contribution in [0.1, 0.15) is 61.1 Å². The van der Waals surface area contributed by atoms with Crippen molar-refractivity contribution in [2.24, 2.45) is 0 Å². The van der Waals surface area contributed by atoms with E-state index in [1.807, 2.05) is 45.0 Å². The molecule has 2 amide bonds. The number of ketones is 1. The first-order chi connectivity index (χ1) is 20.9. The molecule has 5 heterocycles. The van der Waals surface area contributed by atoms with Gasteiger partial charge in [-0.3, -0.25) is 0 Å². The molecule has 3 aromatic heterocycles. The maximum atomic E-state index is 14.0. The van der Waals surface area contributed by atoms with Gasteiger partial charge < -0.3 is 0 Å². The van der Waals surface area contributed by atoms with Crippen LogP contribution in [0.3, 0.4) is 0 Å². The molecule has 1 aromatic carbocycles. The van der Waals surface area contributed by atoms with Crippen molar-refractivity contribution in [3.05, 3.63) is 70.5 Å². The number of likely N-dealkylation sites (tertiary alicyclic amines) is 1. The molecular formula is C32H32BrIN7O3-. The van der Waals surface area contributed by atoms with E-state index in [4.69, 9.17) is 0 Å². The maximum absolute atomic E-state index is 14.0. The van der Waals surface area contributed by atoms with Crippen LogP contribution in [-0.2, 0) is 16.1 Å². The molecule has 228 valence electrons. The summed E-state index contributed by atoms with van der Waals surface area (Å²) in [5.41, 5.74) is 5.23. The first-order valence-electron chi connectivity index (χ1n) is 14.3. The number of Topliss-reactive ketones (excluding diaryl/α,β-unsaturated/α-hetero) is 1. The molecule has 0 unspecified atom stereocenters. The molecule has 1 N–H and O–H groups in total. The van der Waals surface area contributed by atoms with Gasteiger partial charge in [0.15, 0.2) is 5.82 Å². The van der Waals surface area contributed by atoms with E-state index >= 15 is 0 Å². The molecule has 3 atom stereocenters. The molecule has 0 spiro atoms. The van der Waals surface area contributed by atoms with Gasteiger partial charge in [-0.15, -0.1) is 0 Å². The van der Waals surface area contributed by atoms with Crippen LogP contribution in [0.2, 0.25) is 0 Å². The summed E-state index contributed by atoms with van der Waals surface area (Å²) in [6.45, 7) is 13.4. The van der Waals surface area contributed by atoms with Crippen LogP contribution in [0.4, 0.5) is 5.82 Å². The van der Waals surface area contributed by atoms with Crippen molar-refractivity contribution in [1.29, 1.82) is 0 Å². The van der Waals surface area contributed by atoms with Gasteiger partial charge in [-0.25, -0.2) is 0 Å². The van der Waals surface area contributed by atoms with Gasteiger partial charge in [0, 0.05) is 0 Å². The van der Waals surface area contributed by atoms with Crippen LogP contribution in [0.15, 0.2) is 47.8 Å². The molecule has 2 aliphatic heterocycles. The van der Waals surface area contributed by atoms with Gasteiger partial charge in [0.05, 0.1) is 0 Å². The zero-order valence-electron chi connectivity index (χ0n) is 25.1. The van der Waals surface area contributed by atoms with Crippen LogP contribution >= 0.6 is 15.9 Å². The number of carbonyl (C=O) groups excluding carboxylic acids is 3. The van der Waals surface area contributed by atoms with Gasteiger partial charge in [0.1, 0.15) is 0 Å². The Morgan fingerprint density at radius 3 is 2.55 bits per heavy atom. The third-order valence-electron chi connectivity index (χ3n) is 8.25. The molecule has 0 aliphatic carbocycles. The van der Waals surface area contributed by atoms with E-state index < -0.39 is 6.04 Å². The van der Waals surface area contributed by atoms with E-state index in [-0.39, 0.29) is 52.8 Å². The summed E-state index contributed by atoms with van der Waals surface area (Å²) in [5.74, 6) is 0.465. The van der Waals surface area contributed by atoms with Crippen molar-refractivity contribution >= 4 is 55.8 Å². The van der Waals surface area contributed by atoms with Crippen molar-refractivity contribution in [3.63, 3.8) is 0 Å². The third-order valence-corrected chi connectivity index (χ3v) is 13.0. The van der Waals surface area contributed by atoms with E-state index in [2.05, 4.69) is 54.8 Å². The Bertz CT molecular complexity index is 1870. The third kappa shape index (κ3) is 5.46. The quantitative estimate of drug-likeness (QED) is 0.0961. The van der Waals surface area contributed by atoms with E-state index in [0.717, 1.165) is 34.2 Å². The number of alkyl halides is 2. The Hall–Kier alpha value is -3.52. The van der Waals surface area contributed by atoms with Crippen molar-refractivity contribution in [3.8, 4) is 11.1 Å². The first kappa shape index (κ1) is 30.5. The van der Waals surface area contributed by atoms with Gasteiger partial charge in [-0.2, -0.15) is 0 Å². The zero-order chi connectivity index (χ0) is 31.5. The number of halogens is 2. The van der Waals surface area contributed by atoms with Gasteiger partial charge in [-0.05, 0) is 12.0 Å². The minimum atomic E-state index is -0.598. The second kappa shape index (κ2) is 11.4. The molecule has 2 saturated heterocycles. The number of aromatic nitrogens is 5. The Morgan fingerprint density at radius 1 is 1.14 bits per heavy atom. The topological polar surface area (TPSA) is 123 Å². The van der Waals surface area contributed by atoms with E-state index in [1.165, 1.54) is 6.92 Å². The number of hydrogen-bond acceptors (Lipinski definition) is 7. The standard InChI is InChI=1S/C32H32BrIN7O3/c1-7-16(2)28-35-13-21(14-36-28)20-10-18(4)27-22(11-20)26(19(5)42)39-40(27)15-25(43)41-23(12-32(6)31(41)34-32)30(44)38-29-17(3)8-9-24(33)37-29/h8-11,13-14,23,31H,2,7,12,15H2,1,3-6H3,(H,37,38,44)/q-1/t23-,31-,32+/m0/s1. The van der Waals surface area contributed by atoms with Crippen LogP contribution in [0.25, 0.3) is 27.6 Å². The molecule has 2 aliphatic rings. The molecule has 2 fully saturated rings. The van der Waals surface area contributed by atoms with Crippen molar-refractivity contribution < 1.29 is 35.6 Å². The molecular weight excluding hydrogens is 737 g/mol. The predicted octanol–water partition coefficient (Wildman–Crippen LogP) is 2.32. The van der Waals surface area contributed by atoms with E-state index in [0.29, 0.717) is 39.3 Å².